The van der Waals surface area contributed by atoms with Crippen LogP contribution in [0, 0.1) is 0 Å². The largest absolute Gasteiger partial charge is 0.451 e. The van der Waals surface area contributed by atoms with Crippen LogP contribution in [0.3, 0.4) is 0 Å². The first-order valence-electron chi connectivity index (χ1n) is 10.7. The summed E-state index contributed by atoms with van der Waals surface area (Å²) in [5, 5.41) is 3.85. The molecule has 170 valence electrons. The molecule has 2 fully saturated rings. The molecule has 2 aromatic rings. The standard InChI is InChI=1S/C22H26N4O6/c1-31-11-7-22(24-21(30)17-12-15-13-23-8-4-16(15)32-17)5-9-25(10-6-22)20(29)14-26-18(27)2-3-19(26)28/h4,8,12-13H,2-3,5-7,9-11,14H2,1H3,(H,24,30). The van der Waals surface area contributed by atoms with E-state index < -0.39 is 5.54 Å². The van der Waals surface area contributed by atoms with Crippen molar-refractivity contribution in [3.63, 3.8) is 0 Å². The van der Waals surface area contributed by atoms with Crippen molar-refractivity contribution in [3.8, 4) is 0 Å². The number of nitrogens with zero attached hydrogens (tertiary/aromatic N) is 3. The maximum Gasteiger partial charge on any atom is 0.287 e. The van der Waals surface area contributed by atoms with Crippen molar-refractivity contribution in [1.82, 2.24) is 20.1 Å². The smallest absolute Gasteiger partial charge is 0.287 e. The number of carbonyl (C=O) groups is 4. The fraction of sp³-hybridized carbons (Fsp3) is 0.500. The number of hydrogen-bond acceptors (Lipinski definition) is 7. The van der Waals surface area contributed by atoms with Gasteiger partial charge in [0.2, 0.25) is 17.7 Å². The number of ether oxygens (including phenoxy) is 1. The highest BCUT2D eigenvalue weighted by atomic mass is 16.5. The van der Waals surface area contributed by atoms with E-state index in [0.29, 0.717) is 44.5 Å². The maximum absolute atomic E-state index is 12.9. The zero-order valence-electron chi connectivity index (χ0n) is 18.0. The van der Waals surface area contributed by atoms with Gasteiger partial charge in [-0.3, -0.25) is 29.1 Å². The molecular formula is C22H26N4O6. The van der Waals surface area contributed by atoms with E-state index >= 15 is 0 Å². The molecule has 32 heavy (non-hydrogen) atoms. The maximum atomic E-state index is 12.9. The van der Waals surface area contributed by atoms with E-state index in [1.165, 1.54) is 0 Å². The average Bonchev–Trinajstić information content (AvgIpc) is 3.37. The predicted molar refractivity (Wildman–Crippen MR) is 112 cm³/mol. The first kappa shape index (κ1) is 21.9. The molecule has 10 heteroatoms. The number of fused-ring (bicyclic) bond motifs is 1. The van der Waals surface area contributed by atoms with E-state index in [-0.39, 0.29) is 48.8 Å². The Morgan fingerprint density at radius 3 is 2.59 bits per heavy atom. The van der Waals surface area contributed by atoms with Crippen LogP contribution < -0.4 is 5.32 Å². The molecule has 0 unspecified atom stereocenters. The summed E-state index contributed by atoms with van der Waals surface area (Å²) in [7, 11) is 1.60. The van der Waals surface area contributed by atoms with Gasteiger partial charge in [-0.2, -0.15) is 0 Å². The number of piperidine rings is 1. The molecule has 2 aliphatic rings. The van der Waals surface area contributed by atoms with E-state index in [2.05, 4.69) is 10.3 Å². The Morgan fingerprint density at radius 2 is 1.94 bits per heavy atom. The van der Waals surface area contributed by atoms with Crippen LogP contribution in [0.2, 0.25) is 0 Å². The van der Waals surface area contributed by atoms with E-state index in [9.17, 15) is 19.2 Å². The molecule has 10 nitrogen and oxygen atoms in total. The number of furan rings is 1. The van der Waals surface area contributed by atoms with Crippen molar-refractivity contribution >= 4 is 34.6 Å². The lowest BCUT2D eigenvalue weighted by Crippen LogP contribution is -2.57. The minimum Gasteiger partial charge on any atom is -0.451 e. The molecule has 0 atom stereocenters. The molecule has 0 spiro atoms. The second-order valence-corrected chi connectivity index (χ2v) is 8.26. The summed E-state index contributed by atoms with van der Waals surface area (Å²) in [6, 6.07) is 3.36. The van der Waals surface area contributed by atoms with Gasteiger partial charge in [-0.1, -0.05) is 0 Å². The van der Waals surface area contributed by atoms with Gasteiger partial charge in [0.05, 0.1) is 0 Å². The summed E-state index contributed by atoms with van der Waals surface area (Å²) < 4.78 is 10.9. The van der Waals surface area contributed by atoms with Crippen molar-refractivity contribution in [3.05, 3.63) is 30.3 Å². The van der Waals surface area contributed by atoms with Crippen LogP contribution in [-0.2, 0) is 19.1 Å². The number of nitrogens with one attached hydrogen (secondary N) is 1. The van der Waals surface area contributed by atoms with Crippen LogP contribution >= 0.6 is 0 Å². The molecule has 4 heterocycles. The van der Waals surface area contributed by atoms with E-state index in [1.807, 2.05) is 0 Å². The lowest BCUT2D eigenvalue weighted by atomic mass is 9.84. The lowest BCUT2D eigenvalue weighted by molar-refractivity contribution is -0.146. The van der Waals surface area contributed by atoms with Gasteiger partial charge in [0.1, 0.15) is 12.1 Å². The molecule has 2 aliphatic heterocycles. The number of imide groups is 1. The number of likely N-dealkylation sites (tertiary alicyclic amines) is 2. The summed E-state index contributed by atoms with van der Waals surface area (Å²) in [6.07, 6.45) is 5.20. The second kappa shape index (κ2) is 9.07. The predicted octanol–water partition coefficient (Wildman–Crippen LogP) is 1.10. The Labute approximate surface area is 184 Å². The van der Waals surface area contributed by atoms with Crippen molar-refractivity contribution in [2.75, 3.05) is 33.4 Å². The Bertz CT molecular complexity index is 991. The van der Waals surface area contributed by atoms with Gasteiger partial charge in [0.15, 0.2) is 5.76 Å². The van der Waals surface area contributed by atoms with Gasteiger partial charge >= 0.3 is 0 Å². The molecule has 0 aliphatic carbocycles. The molecule has 0 saturated carbocycles. The lowest BCUT2D eigenvalue weighted by Gasteiger charge is -2.42. The molecule has 0 bridgehead atoms. The van der Waals surface area contributed by atoms with Crippen LogP contribution in [0.25, 0.3) is 11.0 Å². The van der Waals surface area contributed by atoms with Crippen molar-refractivity contribution in [2.45, 2.75) is 37.6 Å². The molecule has 0 radical (unpaired) electrons. The van der Waals surface area contributed by atoms with Crippen molar-refractivity contribution in [1.29, 1.82) is 0 Å². The van der Waals surface area contributed by atoms with Crippen LogP contribution in [0.4, 0.5) is 0 Å². The third kappa shape index (κ3) is 4.50. The van der Waals surface area contributed by atoms with Crippen LogP contribution in [0.15, 0.2) is 28.9 Å². The van der Waals surface area contributed by atoms with Crippen molar-refractivity contribution < 1.29 is 28.3 Å². The Morgan fingerprint density at radius 1 is 1.22 bits per heavy atom. The normalized spacial score (nSPS) is 18.4. The summed E-state index contributed by atoms with van der Waals surface area (Å²) in [5.74, 6) is -0.990. The topological polar surface area (TPSA) is 122 Å². The zero-order chi connectivity index (χ0) is 22.7. The summed E-state index contributed by atoms with van der Waals surface area (Å²) in [4.78, 5) is 55.9. The molecule has 2 saturated heterocycles. The van der Waals surface area contributed by atoms with Gasteiger partial charge in [-0.25, -0.2) is 0 Å². The summed E-state index contributed by atoms with van der Waals surface area (Å²) in [6.45, 7) is 1.05. The summed E-state index contributed by atoms with van der Waals surface area (Å²) >= 11 is 0. The number of methoxy groups -OCH3 is 1. The fourth-order valence-electron chi connectivity index (χ4n) is 4.25. The van der Waals surface area contributed by atoms with Crippen LogP contribution in [0.5, 0.6) is 0 Å². The van der Waals surface area contributed by atoms with E-state index in [1.54, 1.807) is 36.5 Å². The second-order valence-electron chi connectivity index (χ2n) is 8.26. The molecule has 0 aromatic carbocycles. The summed E-state index contributed by atoms with van der Waals surface area (Å²) in [5.41, 5.74) is 0.0305. The van der Waals surface area contributed by atoms with Crippen LogP contribution in [-0.4, -0.2) is 77.3 Å². The molecule has 4 amide bonds. The van der Waals surface area contributed by atoms with Gasteiger partial charge in [0, 0.05) is 63.0 Å². The Hall–Kier alpha value is -3.27. The number of aromatic nitrogens is 1. The third-order valence-electron chi connectivity index (χ3n) is 6.23. The fourth-order valence-corrected chi connectivity index (χ4v) is 4.25. The zero-order valence-corrected chi connectivity index (χ0v) is 18.0. The quantitative estimate of drug-likeness (QED) is 0.637. The first-order chi connectivity index (χ1) is 15.4. The minimum atomic E-state index is -0.555. The highest BCUT2D eigenvalue weighted by Crippen LogP contribution is 2.28. The van der Waals surface area contributed by atoms with Gasteiger partial charge in [0.25, 0.3) is 5.91 Å². The van der Waals surface area contributed by atoms with Gasteiger partial charge in [-0.15, -0.1) is 0 Å². The van der Waals surface area contributed by atoms with E-state index in [0.717, 1.165) is 10.3 Å². The number of pyridine rings is 1. The molecule has 4 rings (SSSR count). The molecular weight excluding hydrogens is 416 g/mol. The number of amides is 4. The average molecular weight is 442 g/mol. The third-order valence-corrected chi connectivity index (χ3v) is 6.23. The first-order valence-corrected chi connectivity index (χ1v) is 10.7. The number of hydrogen-bond donors (Lipinski definition) is 1. The highest BCUT2D eigenvalue weighted by molar-refractivity contribution is 6.04. The molecule has 1 N–H and O–H groups in total. The molecule has 2 aromatic heterocycles. The van der Waals surface area contributed by atoms with E-state index in [4.69, 9.17) is 9.15 Å². The van der Waals surface area contributed by atoms with Crippen molar-refractivity contribution in [2.24, 2.45) is 0 Å². The Kier molecular flexibility index (Phi) is 6.22. The number of carbonyl (C=O) groups excluding carboxylic acids is 4. The monoisotopic (exact) mass is 442 g/mol. The SMILES string of the molecule is COCCC1(NC(=O)c2cc3cnccc3o2)CCN(C(=O)CN2C(=O)CCC2=O)CC1. The van der Waals surface area contributed by atoms with Gasteiger partial charge < -0.3 is 19.4 Å². The van der Waals surface area contributed by atoms with Gasteiger partial charge in [-0.05, 0) is 31.4 Å². The highest BCUT2D eigenvalue weighted by Gasteiger charge is 2.39. The minimum absolute atomic E-state index is 0.163. The van der Waals surface area contributed by atoms with Crippen LogP contribution in [0.1, 0.15) is 42.7 Å². The Balaban J connectivity index is 1.41. The number of rotatable bonds is 7.